The number of halogens is 2. The third-order valence-corrected chi connectivity index (χ3v) is 1.67. The van der Waals surface area contributed by atoms with Crippen LogP contribution >= 0.6 is 23.2 Å². The molecule has 0 unspecified atom stereocenters. The van der Waals surface area contributed by atoms with Gasteiger partial charge in [-0.25, -0.2) is 0 Å². The highest BCUT2D eigenvalue weighted by Crippen LogP contribution is 2.19. The predicted octanol–water partition coefficient (Wildman–Crippen LogP) is 3.40. The fourth-order valence-electron chi connectivity index (χ4n) is 0.592. The van der Waals surface area contributed by atoms with Crippen LogP contribution in [0.15, 0.2) is 34.9 Å². The Morgan fingerprint density at radius 3 is 2.33 bits per heavy atom. The van der Waals surface area contributed by atoms with Crippen molar-refractivity contribution in [2.24, 2.45) is 0 Å². The van der Waals surface area contributed by atoms with Gasteiger partial charge in [-0.2, -0.15) is 0 Å². The van der Waals surface area contributed by atoms with E-state index >= 15 is 0 Å². The highest BCUT2D eigenvalue weighted by atomic mass is 35.5. The summed E-state index contributed by atoms with van der Waals surface area (Å²) in [4.78, 5) is 10.0. The molecule has 0 aliphatic carbocycles. The van der Waals surface area contributed by atoms with Crippen LogP contribution in [0.2, 0.25) is 0 Å². The molecule has 0 bridgehead atoms. The number of allylic oxidation sites excluding steroid dienone is 4. The van der Waals surface area contributed by atoms with Gasteiger partial charge in [-0.1, -0.05) is 36.4 Å². The number of rotatable bonds is 5. The molecule has 0 aromatic rings. The van der Waals surface area contributed by atoms with Crippen molar-refractivity contribution < 1.29 is 4.79 Å². The normalized spacial score (nSPS) is 11.0. The van der Waals surface area contributed by atoms with E-state index in [1.54, 1.807) is 0 Å². The molecule has 0 aliphatic heterocycles. The van der Waals surface area contributed by atoms with E-state index < -0.39 is 0 Å². The van der Waals surface area contributed by atoms with Gasteiger partial charge in [-0.05, 0) is 18.1 Å². The lowest BCUT2D eigenvalue weighted by Gasteiger charge is -1.99. The first-order valence-electron chi connectivity index (χ1n) is 3.41. The second-order valence-electron chi connectivity index (χ2n) is 2.25. The molecule has 0 fully saturated rings. The molecule has 0 aromatic carbocycles. The van der Waals surface area contributed by atoms with Crippen LogP contribution in [0.25, 0.3) is 0 Å². The van der Waals surface area contributed by atoms with E-state index in [1.807, 2.05) is 0 Å². The number of hydrogen-bond donors (Lipinski definition) is 0. The first-order chi connectivity index (χ1) is 5.57. The Labute approximate surface area is 82.4 Å². The molecule has 0 amide bonds. The van der Waals surface area contributed by atoms with Crippen LogP contribution in [0.1, 0.15) is 12.8 Å². The average Bonchev–Trinajstić information content (AvgIpc) is 1.98. The van der Waals surface area contributed by atoms with E-state index in [2.05, 4.69) is 13.2 Å². The molecule has 3 heteroatoms. The topological polar surface area (TPSA) is 17.1 Å². The molecule has 0 N–H and O–H groups in total. The minimum Gasteiger partial charge on any atom is -0.303 e. The highest BCUT2D eigenvalue weighted by molar-refractivity contribution is 6.35. The van der Waals surface area contributed by atoms with Crippen molar-refractivity contribution in [2.45, 2.75) is 12.8 Å². The Balaban J connectivity index is 4.09. The average molecular weight is 205 g/mol. The van der Waals surface area contributed by atoms with Gasteiger partial charge in [0.1, 0.15) is 6.29 Å². The second-order valence-corrected chi connectivity index (χ2v) is 3.14. The molecule has 0 heterocycles. The van der Waals surface area contributed by atoms with Crippen LogP contribution in [0.3, 0.4) is 0 Å². The smallest absolute Gasteiger partial charge is 0.120 e. The standard InChI is InChI=1S/C9H10Cl2O/c1-7(4-3-5-12)9(11)6-8(2)10/h5-6H,1-4H2/b9-6+. The largest absolute Gasteiger partial charge is 0.303 e. The van der Waals surface area contributed by atoms with Crippen LogP contribution in [0, 0.1) is 0 Å². The van der Waals surface area contributed by atoms with Crippen LogP contribution in [-0.2, 0) is 4.79 Å². The molecular weight excluding hydrogens is 195 g/mol. The quantitative estimate of drug-likeness (QED) is 0.496. The fraction of sp³-hybridized carbons (Fsp3) is 0.222. The fourth-order valence-corrected chi connectivity index (χ4v) is 0.983. The van der Waals surface area contributed by atoms with Gasteiger partial charge in [0.2, 0.25) is 0 Å². The van der Waals surface area contributed by atoms with Gasteiger partial charge >= 0.3 is 0 Å². The van der Waals surface area contributed by atoms with Crippen LogP contribution in [0.5, 0.6) is 0 Å². The first-order valence-corrected chi connectivity index (χ1v) is 4.17. The molecular formula is C9H10Cl2O. The lowest BCUT2D eigenvalue weighted by atomic mass is 10.1. The van der Waals surface area contributed by atoms with Gasteiger partial charge in [-0.3, -0.25) is 0 Å². The Bertz CT molecular complexity index is 229. The maximum absolute atomic E-state index is 10.0. The third-order valence-electron chi connectivity index (χ3n) is 1.19. The Morgan fingerprint density at radius 2 is 1.92 bits per heavy atom. The van der Waals surface area contributed by atoms with Gasteiger partial charge in [0.15, 0.2) is 0 Å². The van der Waals surface area contributed by atoms with Crippen molar-refractivity contribution >= 4 is 29.5 Å². The molecule has 0 saturated carbocycles. The maximum Gasteiger partial charge on any atom is 0.120 e. The summed E-state index contributed by atoms with van der Waals surface area (Å²) < 4.78 is 0. The summed E-state index contributed by atoms with van der Waals surface area (Å²) in [6.07, 6.45) is 3.32. The van der Waals surface area contributed by atoms with E-state index in [4.69, 9.17) is 23.2 Å². The Kier molecular flexibility index (Phi) is 5.77. The van der Waals surface area contributed by atoms with Crippen molar-refractivity contribution in [2.75, 3.05) is 0 Å². The molecule has 0 saturated heterocycles. The minimum absolute atomic E-state index is 0.354. The van der Waals surface area contributed by atoms with Crippen LogP contribution < -0.4 is 0 Å². The second kappa shape index (κ2) is 6.04. The molecule has 12 heavy (non-hydrogen) atoms. The van der Waals surface area contributed by atoms with Crippen LogP contribution in [-0.4, -0.2) is 6.29 Å². The summed E-state index contributed by atoms with van der Waals surface area (Å²) in [6.45, 7) is 7.14. The zero-order valence-electron chi connectivity index (χ0n) is 6.65. The van der Waals surface area contributed by atoms with Gasteiger partial charge < -0.3 is 4.79 Å². The summed E-state index contributed by atoms with van der Waals surface area (Å²) >= 11 is 11.2. The highest BCUT2D eigenvalue weighted by Gasteiger charge is 1.98. The zero-order valence-corrected chi connectivity index (χ0v) is 8.16. The molecule has 0 aliphatic rings. The summed E-state index contributed by atoms with van der Waals surface area (Å²) in [5, 5.41) is 0.809. The van der Waals surface area contributed by atoms with Crippen molar-refractivity contribution in [1.29, 1.82) is 0 Å². The van der Waals surface area contributed by atoms with E-state index in [1.165, 1.54) is 6.08 Å². The van der Waals surface area contributed by atoms with Crippen molar-refractivity contribution in [3.8, 4) is 0 Å². The van der Waals surface area contributed by atoms with Crippen molar-refractivity contribution in [1.82, 2.24) is 0 Å². The number of aldehydes is 1. The molecule has 0 aromatic heterocycles. The minimum atomic E-state index is 0.354. The number of hydrogen-bond acceptors (Lipinski definition) is 1. The molecule has 0 radical (unpaired) electrons. The monoisotopic (exact) mass is 204 g/mol. The van der Waals surface area contributed by atoms with Gasteiger partial charge in [0.05, 0.1) is 0 Å². The summed E-state index contributed by atoms with van der Waals surface area (Å²) in [5.41, 5.74) is 0.700. The molecule has 1 nitrogen and oxygen atoms in total. The SMILES string of the molecule is C=C(Cl)/C=C(/Cl)C(=C)CCC=O. The third kappa shape index (κ3) is 5.16. The van der Waals surface area contributed by atoms with E-state index in [9.17, 15) is 4.79 Å². The van der Waals surface area contributed by atoms with Crippen molar-refractivity contribution in [3.05, 3.63) is 34.9 Å². The van der Waals surface area contributed by atoms with E-state index in [0.29, 0.717) is 28.5 Å². The van der Waals surface area contributed by atoms with E-state index in [-0.39, 0.29) is 0 Å². The van der Waals surface area contributed by atoms with Crippen molar-refractivity contribution in [3.63, 3.8) is 0 Å². The molecule has 0 rings (SSSR count). The Morgan fingerprint density at radius 1 is 1.33 bits per heavy atom. The van der Waals surface area contributed by atoms with Gasteiger partial charge in [0.25, 0.3) is 0 Å². The molecule has 0 atom stereocenters. The summed E-state index contributed by atoms with van der Waals surface area (Å²) in [6, 6.07) is 0. The predicted molar refractivity (Wildman–Crippen MR) is 53.4 cm³/mol. The van der Waals surface area contributed by atoms with Gasteiger partial charge in [0, 0.05) is 16.5 Å². The van der Waals surface area contributed by atoms with Crippen LogP contribution in [0.4, 0.5) is 0 Å². The zero-order chi connectivity index (χ0) is 9.56. The summed E-state index contributed by atoms with van der Waals surface area (Å²) in [7, 11) is 0. The summed E-state index contributed by atoms with van der Waals surface area (Å²) in [5.74, 6) is 0. The number of carbonyl (C=O) groups is 1. The molecule has 66 valence electrons. The van der Waals surface area contributed by atoms with E-state index in [0.717, 1.165) is 6.29 Å². The first kappa shape index (κ1) is 11.5. The lowest BCUT2D eigenvalue weighted by molar-refractivity contribution is -0.107. The maximum atomic E-state index is 10.0. The lowest BCUT2D eigenvalue weighted by Crippen LogP contribution is -1.83. The molecule has 0 spiro atoms. The number of carbonyl (C=O) groups excluding carboxylic acids is 1. The Hall–Kier alpha value is -0.530. The van der Waals surface area contributed by atoms with Gasteiger partial charge in [-0.15, -0.1) is 0 Å².